The van der Waals surface area contributed by atoms with Gasteiger partial charge in [-0.1, -0.05) is 39.3 Å². The Morgan fingerprint density at radius 3 is 2.08 bits per heavy atom. The Kier molecular flexibility index (Phi) is 10.5. The Balaban J connectivity index is 0.000000572. The first kappa shape index (κ1) is 28.9. The molecule has 1 aromatic heterocycles. The van der Waals surface area contributed by atoms with Crippen LogP contribution in [0.2, 0.25) is 5.02 Å². The van der Waals surface area contributed by atoms with Crippen LogP contribution in [0.5, 0.6) is 5.75 Å². The Morgan fingerprint density at radius 2 is 1.58 bits per heavy atom. The minimum atomic E-state index is -0.760. The number of halogens is 1. The highest BCUT2D eigenvalue weighted by Crippen LogP contribution is 2.31. The molecule has 8 nitrogen and oxygen atoms in total. The van der Waals surface area contributed by atoms with Crippen LogP contribution < -0.4 is 10.1 Å². The normalized spacial score (nSPS) is 10.7. The van der Waals surface area contributed by atoms with E-state index in [4.69, 9.17) is 16.3 Å². The van der Waals surface area contributed by atoms with Gasteiger partial charge in [0.1, 0.15) is 5.75 Å². The molecule has 3 aromatic rings. The molecule has 1 heterocycles. The Morgan fingerprint density at radius 1 is 0.972 bits per heavy atom. The first-order valence-corrected chi connectivity index (χ1v) is 11.9. The van der Waals surface area contributed by atoms with Gasteiger partial charge >= 0.3 is 11.9 Å². The highest BCUT2D eigenvalue weighted by Gasteiger charge is 2.23. The van der Waals surface area contributed by atoms with E-state index in [9.17, 15) is 14.4 Å². The lowest BCUT2D eigenvalue weighted by molar-refractivity contribution is -0.256. The molecule has 0 amide bonds. The molecular formula is C27H33ClN2O6. The molecule has 0 aliphatic rings. The molecule has 0 atom stereocenters. The third-order valence-corrected chi connectivity index (χ3v) is 5.33. The maximum absolute atomic E-state index is 13.2. The summed E-state index contributed by atoms with van der Waals surface area (Å²) in [7, 11) is 1.53. The van der Waals surface area contributed by atoms with Crippen molar-refractivity contribution in [1.29, 1.82) is 0 Å². The van der Waals surface area contributed by atoms with Gasteiger partial charge in [-0.05, 0) is 55.0 Å². The predicted molar refractivity (Wildman–Crippen MR) is 139 cm³/mol. The molecule has 0 unspecified atom stereocenters. The summed E-state index contributed by atoms with van der Waals surface area (Å²) in [4.78, 5) is 45.0. The number of nitrogens with zero attached hydrogens (tertiary/aromatic N) is 1. The number of rotatable bonds is 6. The third kappa shape index (κ3) is 7.83. The monoisotopic (exact) mass is 516 g/mol. The number of aromatic nitrogens is 1. The number of carbonyl (C=O) groups is 3. The second-order valence-electron chi connectivity index (χ2n) is 8.78. The van der Waals surface area contributed by atoms with E-state index < -0.39 is 11.9 Å². The smallest absolute Gasteiger partial charge is 0.360 e. The molecule has 3 rings (SSSR count). The molecule has 0 fully saturated rings. The van der Waals surface area contributed by atoms with E-state index in [1.54, 1.807) is 49.4 Å². The molecule has 0 radical (unpaired) electrons. The van der Waals surface area contributed by atoms with E-state index in [1.807, 2.05) is 0 Å². The Hall–Kier alpha value is -3.36. The van der Waals surface area contributed by atoms with Gasteiger partial charge in [-0.2, -0.15) is 0 Å². The molecule has 0 bridgehead atoms. The molecule has 0 spiro atoms. The van der Waals surface area contributed by atoms with E-state index in [1.165, 1.54) is 11.7 Å². The predicted octanol–water partition coefficient (Wildman–Crippen LogP) is 5.26. The van der Waals surface area contributed by atoms with Crippen LogP contribution >= 0.6 is 11.6 Å². The summed E-state index contributed by atoms with van der Waals surface area (Å²) in [6.45, 7) is 11.5. The number of fused-ring (bicyclic) bond motifs is 1. The van der Waals surface area contributed by atoms with E-state index in [0.717, 1.165) is 6.92 Å². The molecule has 2 aromatic carbocycles. The Bertz CT molecular complexity index is 1210. The van der Waals surface area contributed by atoms with E-state index in [2.05, 4.69) is 42.8 Å². The van der Waals surface area contributed by atoms with Gasteiger partial charge in [0.05, 0.1) is 19.0 Å². The SMILES string of the molecule is CC(C)NC(C)C.COc1ccc2c(c1)c(CC(=O)OOC(C)=O)c(C)n2C(=O)c1ccc(Cl)cc1. The number of hydrogen-bond acceptors (Lipinski definition) is 7. The van der Waals surface area contributed by atoms with Gasteiger partial charge in [0.2, 0.25) is 0 Å². The first-order chi connectivity index (χ1) is 16.9. The highest BCUT2D eigenvalue weighted by atomic mass is 35.5. The van der Waals surface area contributed by atoms with Crippen LogP contribution in [-0.2, 0) is 25.8 Å². The standard InChI is InChI=1S/C21H18ClNO6.C6H15N/c1-12-17(11-20(25)29-28-13(2)24)18-10-16(27-3)8-9-19(18)23(12)21(26)14-4-6-15(22)7-5-14;1-5(2)7-6(3)4/h4-10H,11H2,1-3H3;5-7H,1-4H3. The number of nitrogens with one attached hydrogen (secondary N) is 1. The van der Waals surface area contributed by atoms with Crippen LogP contribution in [0.3, 0.4) is 0 Å². The molecule has 36 heavy (non-hydrogen) atoms. The fraction of sp³-hybridized carbons (Fsp3) is 0.370. The van der Waals surface area contributed by atoms with Gasteiger partial charge in [0.25, 0.3) is 5.91 Å². The van der Waals surface area contributed by atoms with Crippen molar-refractivity contribution in [2.24, 2.45) is 0 Å². The zero-order valence-electron chi connectivity index (χ0n) is 21.7. The Labute approximate surface area is 216 Å². The second kappa shape index (κ2) is 13.1. The molecule has 0 aliphatic carbocycles. The molecule has 1 N–H and O–H groups in total. The van der Waals surface area contributed by atoms with E-state index in [-0.39, 0.29) is 12.3 Å². The topological polar surface area (TPSA) is 95.9 Å². The average Bonchev–Trinajstić information content (AvgIpc) is 3.07. The summed E-state index contributed by atoms with van der Waals surface area (Å²) in [6, 6.07) is 13.0. The lowest BCUT2D eigenvalue weighted by atomic mass is 10.1. The summed E-state index contributed by atoms with van der Waals surface area (Å²) in [5.41, 5.74) is 2.18. The van der Waals surface area contributed by atoms with Crippen LogP contribution in [0.1, 0.15) is 56.2 Å². The quantitative estimate of drug-likeness (QED) is 0.353. The van der Waals surface area contributed by atoms with Crippen LogP contribution in [0, 0.1) is 6.92 Å². The van der Waals surface area contributed by atoms with Crippen LogP contribution in [0.25, 0.3) is 10.9 Å². The van der Waals surface area contributed by atoms with Crippen molar-refractivity contribution >= 4 is 40.3 Å². The molecule has 194 valence electrons. The van der Waals surface area contributed by atoms with Gasteiger partial charge in [-0.3, -0.25) is 9.36 Å². The van der Waals surface area contributed by atoms with Gasteiger partial charge in [-0.15, -0.1) is 0 Å². The van der Waals surface area contributed by atoms with Gasteiger partial charge in [0.15, 0.2) is 0 Å². The van der Waals surface area contributed by atoms with Crippen molar-refractivity contribution in [2.75, 3.05) is 7.11 Å². The summed E-state index contributed by atoms with van der Waals surface area (Å²) in [5.74, 6) is -1.20. The lowest BCUT2D eigenvalue weighted by Gasteiger charge is -2.10. The van der Waals surface area contributed by atoms with Crippen LogP contribution in [-0.4, -0.2) is 41.6 Å². The summed E-state index contributed by atoms with van der Waals surface area (Å²) in [5, 5.41) is 4.48. The van der Waals surface area contributed by atoms with E-state index >= 15 is 0 Å². The average molecular weight is 517 g/mol. The fourth-order valence-corrected chi connectivity index (χ4v) is 3.87. The van der Waals surface area contributed by atoms with Crippen LogP contribution in [0.15, 0.2) is 42.5 Å². The molecule has 0 saturated heterocycles. The highest BCUT2D eigenvalue weighted by molar-refractivity contribution is 6.30. The largest absolute Gasteiger partial charge is 0.497 e. The van der Waals surface area contributed by atoms with Gasteiger partial charge in [-0.25, -0.2) is 19.4 Å². The second-order valence-corrected chi connectivity index (χ2v) is 9.21. The molecular weight excluding hydrogens is 484 g/mol. The zero-order chi connectivity index (χ0) is 27.0. The van der Waals surface area contributed by atoms with Crippen LogP contribution in [0.4, 0.5) is 0 Å². The van der Waals surface area contributed by atoms with Crippen molar-refractivity contribution in [3.05, 3.63) is 64.3 Å². The first-order valence-electron chi connectivity index (χ1n) is 11.6. The molecule has 0 aliphatic heterocycles. The van der Waals surface area contributed by atoms with E-state index in [0.29, 0.717) is 50.6 Å². The van der Waals surface area contributed by atoms with Crippen molar-refractivity contribution in [3.63, 3.8) is 0 Å². The fourth-order valence-electron chi connectivity index (χ4n) is 3.74. The summed E-state index contributed by atoms with van der Waals surface area (Å²) in [6.07, 6.45) is -0.191. The number of benzene rings is 2. The van der Waals surface area contributed by atoms with Gasteiger partial charge in [0, 0.05) is 40.7 Å². The molecule has 9 heteroatoms. The zero-order valence-corrected chi connectivity index (χ0v) is 22.4. The number of carbonyl (C=O) groups excluding carboxylic acids is 3. The maximum atomic E-state index is 13.2. The minimum Gasteiger partial charge on any atom is -0.497 e. The number of hydrogen-bond donors (Lipinski definition) is 1. The summed E-state index contributed by atoms with van der Waals surface area (Å²) < 4.78 is 6.79. The van der Waals surface area contributed by atoms with Crippen molar-refractivity contribution < 1.29 is 28.9 Å². The molecule has 0 saturated carbocycles. The maximum Gasteiger partial charge on any atom is 0.360 e. The lowest BCUT2D eigenvalue weighted by Crippen LogP contribution is -2.29. The van der Waals surface area contributed by atoms with Crippen molar-refractivity contribution in [3.8, 4) is 5.75 Å². The van der Waals surface area contributed by atoms with Gasteiger partial charge < -0.3 is 10.1 Å². The number of ether oxygens (including phenoxy) is 1. The minimum absolute atomic E-state index is 0.191. The van der Waals surface area contributed by atoms with Crippen molar-refractivity contribution in [2.45, 2.75) is 60.0 Å². The summed E-state index contributed by atoms with van der Waals surface area (Å²) >= 11 is 5.92. The number of methoxy groups -OCH3 is 1. The van der Waals surface area contributed by atoms with Crippen molar-refractivity contribution in [1.82, 2.24) is 9.88 Å². The third-order valence-electron chi connectivity index (χ3n) is 5.08.